The zero-order valence-corrected chi connectivity index (χ0v) is 5.00. The van der Waals surface area contributed by atoms with E-state index in [0.29, 0.717) is 5.88 Å². The first-order valence-electron chi connectivity index (χ1n) is 2.03. The third-order valence-corrected chi connectivity index (χ3v) is 1.00. The van der Waals surface area contributed by atoms with E-state index in [1.807, 2.05) is 6.92 Å². The predicted octanol–water partition coefficient (Wildman–Crippen LogP) is 1.82. The maximum Gasteiger partial charge on any atom is 0.0434 e. The van der Waals surface area contributed by atoms with Crippen molar-refractivity contribution >= 4 is 17.8 Å². The summed E-state index contributed by atoms with van der Waals surface area (Å²) >= 11 is 5.36. The van der Waals surface area contributed by atoms with Crippen molar-refractivity contribution in [3.05, 3.63) is 11.6 Å². The Labute approximate surface area is 48.5 Å². The summed E-state index contributed by atoms with van der Waals surface area (Å²) in [7, 11) is 0. The van der Waals surface area contributed by atoms with E-state index in [1.165, 1.54) is 6.21 Å². The molecule has 0 heterocycles. The fourth-order valence-corrected chi connectivity index (χ4v) is 0.276. The molecule has 0 aromatic heterocycles. The van der Waals surface area contributed by atoms with E-state index in [2.05, 4.69) is 0 Å². The van der Waals surface area contributed by atoms with Crippen LogP contribution in [0, 0.1) is 5.41 Å². The van der Waals surface area contributed by atoms with E-state index in [0.717, 1.165) is 5.57 Å². The minimum absolute atomic E-state index is 0.523. The van der Waals surface area contributed by atoms with E-state index >= 15 is 0 Å². The van der Waals surface area contributed by atoms with Gasteiger partial charge in [-0.1, -0.05) is 5.57 Å². The summed E-state index contributed by atoms with van der Waals surface area (Å²) in [4.78, 5) is 0. The van der Waals surface area contributed by atoms with E-state index in [4.69, 9.17) is 17.0 Å². The van der Waals surface area contributed by atoms with Crippen LogP contribution in [-0.2, 0) is 0 Å². The zero-order valence-electron chi connectivity index (χ0n) is 4.24. The topological polar surface area (TPSA) is 23.9 Å². The van der Waals surface area contributed by atoms with Gasteiger partial charge in [0.25, 0.3) is 0 Å². The summed E-state index contributed by atoms with van der Waals surface area (Å²) in [6.45, 7) is 1.89. The summed E-state index contributed by atoms with van der Waals surface area (Å²) in [6.07, 6.45) is 2.91. The maximum absolute atomic E-state index is 6.58. The third-order valence-electron chi connectivity index (χ3n) is 0.579. The Balaban J connectivity index is 3.49. The van der Waals surface area contributed by atoms with Crippen LogP contribution >= 0.6 is 11.6 Å². The number of hydrogen-bond donors (Lipinski definition) is 1. The van der Waals surface area contributed by atoms with E-state index in [9.17, 15) is 0 Å². The second-order valence-corrected chi connectivity index (χ2v) is 1.58. The van der Waals surface area contributed by atoms with Crippen molar-refractivity contribution in [1.29, 1.82) is 5.41 Å². The molecular weight excluding hydrogens is 110 g/mol. The van der Waals surface area contributed by atoms with Crippen LogP contribution < -0.4 is 0 Å². The molecule has 1 N–H and O–H groups in total. The lowest BCUT2D eigenvalue weighted by atomic mass is 10.3. The highest BCUT2D eigenvalue weighted by Gasteiger charge is 1.77. The molecule has 0 aromatic carbocycles. The second-order valence-electron chi connectivity index (χ2n) is 1.31. The van der Waals surface area contributed by atoms with Gasteiger partial charge in [0.2, 0.25) is 0 Å². The van der Waals surface area contributed by atoms with Crippen LogP contribution in [0.25, 0.3) is 0 Å². The fourth-order valence-electron chi connectivity index (χ4n) is 0.187. The summed E-state index contributed by atoms with van der Waals surface area (Å²) in [6, 6.07) is 0. The highest BCUT2D eigenvalue weighted by Crippen LogP contribution is 1.91. The first-order valence-corrected chi connectivity index (χ1v) is 2.57. The van der Waals surface area contributed by atoms with Gasteiger partial charge < -0.3 is 5.41 Å². The molecule has 0 unspecified atom stereocenters. The molecule has 0 saturated heterocycles. The van der Waals surface area contributed by atoms with Crippen molar-refractivity contribution in [2.24, 2.45) is 0 Å². The van der Waals surface area contributed by atoms with Gasteiger partial charge in [0, 0.05) is 12.1 Å². The summed E-state index contributed by atoms with van der Waals surface area (Å²) in [5.41, 5.74) is 1.02. The number of allylic oxidation sites excluding steroid dienone is 2. The molecule has 0 radical (unpaired) electrons. The van der Waals surface area contributed by atoms with Gasteiger partial charge in [0.1, 0.15) is 0 Å². The van der Waals surface area contributed by atoms with Gasteiger partial charge in [-0.05, 0) is 13.0 Å². The first kappa shape index (κ1) is 6.70. The third kappa shape index (κ3) is 3.53. The number of halogens is 1. The molecule has 0 aromatic rings. The van der Waals surface area contributed by atoms with Crippen molar-refractivity contribution < 1.29 is 0 Å². The minimum Gasteiger partial charge on any atom is -0.309 e. The number of rotatable bonds is 2. The normalized spacial score (nSPS) is 11.4. The minimum atomic E-state index is 0.523. The van der Waals surface area contributed by atoms with E-state index < -0.39 is 0 Å². The highest BCUT2D eigenvalue weighted by molar-refractivity contribution is 6.19. The number of hydrogen-bond acceptors (Lipinski definition) is 1. The standard InChI is InChI=1S/C5H8ClN/c1-5(4-6)2-3-7/h2-3,7H,4H2,1H3/b5-2+,7-3?. The van der Waals surface area contributed by atoms with Gasteiger partial charge in [-0.2, -0.15) is 0 Å². The lowest BCUT2D eigenvalue weighted by Gasteiger charge is -1.83. The van der Waals surface area contributed by atoms with Crippen LogP contribution in [0.5, 0.6) is 0 Å². The van der Waals surface area contributed by atoms with Crippen LogP contribution in [0.15, 0.2) is 11.6 Å². The van der Waals surface area contributed by atoms with Gasteiger partial charge in [-0.15, -0.1) is 11.6 Å². The quantitative estimate of drug-likeness (QED) is 0.422. The molecule has 0 bridgehead atoms. The smallest absolute Gasteiger partial charge is 0.0434 e. The molecule has 0 rings (SSSR count). The van der Waals surface area contributed by atoms with Crippen molar-refractivity contribution in [3.8, 4) is 0 Å². The molecule has 1 nitrogen and oxygen atoms in total. The fraction of sp³-hybridized carbons (Fsp3) is 0.400. The maximum atomic E-state index is 6.58. The molecular formula is C5H8ClN. The predicted molar refractivity (Wildman–Crippen MR) is 33.3 cm³/mol. The van der Waals surface area contributed by atoms with Crippen LogP contribution in [-0.4, -0.2) is 12.1 Å². The Morgan fingerprint density at radius 3 is 2.57 bits per heavy atom. The van der Waals surface area contributed by atoms with E-state index in [1.54, 1.807) is 6.08 Å². The van der Waals surface area contributed by atoms with Crippen LogP contribution in [0.4, 0.5) is 0 Å². The summed E-state index contributed by atoms with van der Waals surface area (Å²) < 4.78 is 0. The average Bonchev–Trinajstić information content (AvgIpc) is 1.68. The molecule has 40 valence electrons. The number of nitrogens with one attached hydrogen (secondary N) is 1. The lowest BCUT2D eigenvalue weighted by molar-refractivity contribution is 1.41. The largest absolute Gasteiger partial charge is 0.309 e. The van der Waals surface area contributed by atoms with Crippen LogP contribution in [0.2, 0.25) is 0 Å². The average molecular weight is 118 g/mol. The van der Waals surface area contributed by atoms with Gasteiger partial charge in [0.15, 0.2) is 0 Å². The van der Waals surface area contributed by atoms with Crippen molar-refractivity contribution in [1.82, 2.24) is 0 Å². The summed E-state index contributed by atoms with van der Waals surface area (Å²) in [5.74, 6) is 0.523. The van der Waals surface area contributed by atoms with Crippen LogP contribution in [0.3, 0.4) is 0 Å². The summed E-state index contributed by atoms with van der Waals surface area (Å²) in [5, 5.41) is 6.58. The SMILES string of the molecule is C/C(=C\C=N)CCl. The Morgan fingerprint density at radius 2 is 2.43 bits per heavy atom. The Bertz CT molecular complexity index is 86.1. The molecule has 0 aliphatic rings. The van der Waals surface area contributed by atoms with Gasteiger partial charge in [0.05, 0.1) is 0 Å². The molecule has 0 fully saturated rings. The second kappa shape index (κ2) is 3.88. The molecule has 2 heteroatoms. The Morgan fingerprint density at radius 1 is 1.86 bits per heavy atom. The first-order chi connectivity index (χ1) is 3.31. The molecule has 7 heavy (non-hydrogen) atoms. The molecule has 0 amide bonds. The van der Waals surface area contributed by atoms with Crippen molar-refractivity contribution in [2.45, 2.75) is 6.92 Å². The molecule has 0 aliphatic carbocycles. The monoisotopic (exact) mass is 117 g/mol. The Kier molecular flexibility index (Phi) is 3.71. The van der Waals surface area contributed by atoms with Crippen molar-refractivity contribution in [3.63, 3.8) is 0 Å². The molecule has 0 spiro atoms. The van der Waals surface area contributed by atoms with Gasteiger partial charge in [-0.3, -0.25) is 0 Å². The molecule has 0 atom stereocenters. The van der Waals surface area contributed by atoms with Gasteiger partial charge in [-0.25, -0.2) is 0 Å². The molecule has 0 saturated carbocycles. The molecule has 0 aliphatic heterocycles. The highest BCUT2D eigenvalue weighted by atomic mass is 35.5. The van der Waals surface area contributed by atoms with Crippen LogP contribution in [0.1, 0.15) is 6.92 Å². The lowest BCUT2D eigenvalue weighted by Crippen LogP contribution is -1.74. The van der Waals surface area contributed by atoms with E-state index in [-0.39, 0.29) is 0 Å². The van der Waals surface area contributed by atoms with Crippen molar-refractivity contribution in [2.75, 3.05) is 5.88 Å². The number of alkyl halides is 1. The Hall–Kier alpha value is -0.300. The van der Waals surface area contributed by atoms with Gasteiger partial charge >= 0.3 is 0 Å². The zero-order chi connectivity index (χ0) is 5.70.